The van der Waals surface area contributed by atoms with Gasteiger partial charge >= 0.3 is 46.8 Å². The van der Waals surface area contributed by atoms with Gasteiger partial charge in [0.1, 0.15) is 0 Å². The van der Waals surface area contributed by atoms with Crippen LogP contribution in [-0.4, -0.2) is 58.8 Å². The van der Waals surface area contributed by atoms with Crippen LogP contribution in [0, 0.1) is 0 Å². The molecule has 184 valence electrons. The van der Waals surface area contributed by atoms with Crippen molar-refractivity contribution in [3.05, 3.63) is 0 Å². The first-order chi connectivity index (χ1) is 13.2. The Balaban J connectivity index is 3.55. The monoisotopic (exact) mass is 519 g/mol. The lowest BCUT2D eigenvalue weighted by Crippen LogP contribution is -2.75. The van der Waals surface area contributed by atoms with E-state index in [1.54, 1.807) is 0 Å². The second-order valence-corrected chi connectivity index (χ2v) is 6.74. The minimum absolute atomic E-state index is 0.175. The van der Waals surface area contributed by atoms with Gasteiger partial charge in [-0.3, -0.25) is 4.79 Å². The lowest BCUT2D eigenvalue weighted by molar-refractivity contribution is -0.446. The average Bonchev–Trinajstić information content (AvgIpc) is 3.36. The molecule has 1 saturated carbocycles. The van der Waals surface area contributed by atoms with Crippen LogP contribution in [0.2, 0.25) is 0 Å². The van der Waals surface area contributed by atoms with Crippen LogP contribution in [0.25, 0.3) is 0 Å². The average molecular weight is 520 g/mol. The normalized spacial score (nSPS) is 18.2. The Morgan fingerprint density at radius 2 is 0.871 bits per heavy atom. The highest BCUT2D eigenvalue weighted by atomic mass is 35.5. The topological polar surface area (TPSA) is 29.1 Å². The summed E-state index contributed by atoms with van der Waals surface area (Å²) in [5.41, 5.74) is 0. The van der Waals surface area contributed by atoms with Crippen molar-refractivity contribution in [3.8, 4) is 0 Å². The van der Waals surface area contributed by atoms with Crippen molar-refractivity contribution in [1.29, 1.82) is 0 Å². The Morgan fingerprint density at radius 1 is 0.581 bits per heavy atom. The van der Waals surface area contributed by atoms with Crippen molar-refractivity contribution in [2.75, 3.05) is 0 Å². The van der Waals surface area contributed by atoms with Crippen molar-refractivity contribution in [2.24, 2.45) is 0 Å². The lowest BCUT2D eigenvalue weighted by atomic mass is 9.89. The minimum atomic E-state index is -8.57. The number of halogens is 17. The first-order valence-corrected chi connectivity index (χ1v) is 7.65. The Kier molecular flexibility index (Phi) is 6.31. The van der Waals surface area contributed by atoms with Crippen molar-refractivity contribution >= 4 is 17.5 Å². The van der Waals surface area contributed by atoms with Gasteiger partial charge in [0.15, 0.2) is 0 Å². The summed E-state index contributed by atoms with van der Waals surface area (Å²) >= 11 is 3.39. The number of rotatable bonds is 9. The van der Waals surface area contributed by atoms with Crippen molar-refractivity contribution in [3.63, 3.8) is 0 Å². The van der Waals surface area contributed by atoms with Crippen LogP contribution < -0.4 is 5.32 Å². The predicted molar refractivity (Wildman–Crippen MR) is 66.6 cm³/mol. The second-order valence-electron chi connectivity index (χ2n) is 6.27. The Morgan fingerprint density at radius 3 is 1.16 bits per heavy atom. The molecule has 1 rings (SSSR count). The lowest BCUT2D eigenvalue weighted by Gasteiger charge is -2.42. The van der Waals surface area contributed by atoms with Gasteiger partial charge in [-0.05, 0) is 24.4 Å². The summed E-state index contributed by atoms with van der Waals surface area (Å²) in [5, 5.41) is -5.91. The van der Waals surface area contributed by atoms with E-state index in [0.29, 0.717) is 0 Å². The molecule has 2 nitrogen and oxygen atoms in total. The van der Waals surface area contributed by atoms with Crippen LogP contribution in [0.1, 0.15) is 12.8 Å². The maximum absolute atomic E-state index is 13.5. The largest absolute Gasteiger partial charge is 0.393 e. The quantitative estimate of drug-likeness (QED) is 0.314. The molecule has 0 aromatic carbocycles. The molecule has 1 N–H and O–H groups in total. The Labute approximate surface area is 164 Å². The van der Waals surface area contributed by atoms with Crippen LogP contribution in [0.4, 0.5) is 70.2 Å². The molecule has 0 aliphatic heterocycles. The molecule has 0 atom stereocenters. The Bertz CT molecular complexity index is 710. The molecule has 1 amide bonds. The zero-order valence-electron chi connectivity index (χ0n) is 13.8. The molecule has 0 spiro atoms. The molecule has 1 fully saturated rings. The number of carbonyl (C=O) groups excluding carboxylic acids is 1. The predicted octanol–water partition coefficient (Wildman–Crippen LogP) is 5.54. The van der Waals surface area contributed by atoms with E-state index in [1.165, 1.54) is 0 Å². The third-order valence-electron chi connectivity index (χ3n) is 3.92. The highest BCUT2D eigenvalue weighted by Crippen LogP contribution is 2.64. The summed E-state index contributed by atoms with van der Waals surface area (Å²) in [5.74, 6) is -59.9. The van der Waals surface area contributed by atoms with E-state index in [0.717, 1.165) is 5.32 Å². The van der Waals surface area contributed by atoms with Gasteiger partial charge in [0, 0.05) is 6.04 Å². The van der Waals surface area contributed by atoms with Gasteiger partial charge in [0.2, 0.25) is 0 Å². The molecule has 19 heteroatoms. The summed E-state index contributed by atoms with van der Waals surface area (Å²) in [6, 6.07) is -1.32. The van der Waals surface area contributed by atoms with E-state index in [-0.39, 0.29) is 12.8 Å². The summed E-state index contributed by atoms with van der Waals surface area (Å²) in [7, 11) is 0. The summed E-state index contributed by atoms with van der Waals surface area (Å²) < 4.78 is 211. The third-order valence-corrected chi connectivity index (χ3v) is 4.16. The van der Waals surface area contributed by atoms with E-state index < -0.39 is 58.8 Å². The van der Waals surface area contributed by atoms with E-state index in [9.17, 15) is 75.0 Å². The summed E-state index contributed by atoms with van der Waals surface area (Å²) in [4.78, 5) is 11.0. The van der Waals surface area contributed by atoms with Crippen molar-refractivity contribution in [1.82, 2.24) is 5.32 Å². The van der Waals surface area contributed by atoms with E-state index >= 15 is 0 Å². The van der Waals surface area contributed by atoms with Gasteiger partial charge in [-0.15, -0.1) is 0 Å². The smallest absolute Gasteiger partial charge is 0.348 e. The number of alkyl halides is 17. The van der Waals surface area contributed by atoms with Gasteiger partial charge in [-0.25, -0.2) is 0 Å². The number of amides is 1. The molecule has 0 radical (unpaired) electrons. The zero-order valence-corrected chi connectivity index (χ0v) is 14.6. The van der Waals surface area contributed by atoms with Gasteiger partial charge in [0.25, 0.3) is 5.91 Å². The molecule has 0 saturated heterocycles. The Hall–Kier alpha value is -1.36. The molecule has 1 aliphatic rings. The first kappa shape index (κ1) is 27.7. The van der Waals surface area contributed by atoms with Gasteiger partial charge in [0.05, 0.1) is 0 Å². The van der Waals surface area contributed by atoms with Crippen LogP contribution in [0.5, 0.6) is 0 Å². The summed E-state index contributed by atoms with van der Waals surface area (Å²) in [6.07, 6.45) is -0.349. The first-order valence-electron chi connectivity index (χ1n) is 7.27. The van der Waals surface area contributed by atoms with E-state index in [2.05, 4.69) is 11.6 Å². The number of nitrogens with one attached hydrogen (secondary N) is 1. The maximum atomic E-state index is 13.5. The number of hydrogen-bond donors (Lipinski definition) is 1. The van der Waals surface area contributed by atoms with Gasteiger partial charge in [-0.2, -0.15) is 70.2 Å². The van der Waals surface area contributed by atoms with Crippen LogP contribution >= 0.6 is 11.6 Å². The van der Waals surface area contributed by atoms with E-state index in [1.807, 2.05) is 0 Å². The fourth-order valence-corrected chi connectivity index (χ4v) is 1.93. The second kappa shape index (κ2) is 7.07. The van der Waals surface area contributed by atoms with Crippen LogP contribution in [0.15, 0.2) is 0 Å². The molecular weight excluding hydrogens is 514 g/mol. The highest BCUT2D eigenvalue weighted by Gasteiger charge is 2.95. The van der Waals surface area contributed by atoms with Crippen molar-refractivity contribution in [2.45, 2.75) is 65.7 Å². The summed E-state index contributed by atoms with van der Waals surface area (Å²) in [6.45, 7) is 0. The van der Waals surface area contributed by atoms with Crippen LogP contribution in [0.3, 0.4) is 0 Å². The van der Waals surface area contributed by atoms with Gasteiger partial charge < -0.3 is 5.32 Å². The van der Waals surface area contributed by atoms with E-state index in [4.69, 9.17) is 0 Å². The fourth-order valence-electron chi connectivity index (χ4n) is 1.81. The van der Waals surface area contributed by atoms with Gasteiger partial charge in [-0.1, -0.05) is 0 Å². The highest BCUT2D eigenvalue weighted by molar-refractivity contribution is 6.22. The number of carbonyl (C=O) groups is 1. The fraction of sp³-hybridized carbons (Fsp3) is 0.917. The van der Waals surface area contributed by atoms with Crippen LogP contribution in [-0.2, 0) is 4.79 Å². The molecule has 0 unspecified atom stereocenters. The zero-order chi connectivity index (χ0) is 25.3. The molecule has 1 aliphatic carbocycles. The van der Waals surface area contributed by atoms with Crippen molar-refractivity contribution < 1.29 is 75.0 Å². The number of hydrogen-bond acceptors (Lipinski definition) is 1. The molecule has 0 heterocycles. The molecular formula is C12H6ClF16NO. The standard InChI is InChI=1S/C12H6ClF16NO/c13-12(28,29)11(26,27)10(24,25)9(22,23)8(20,21)7(18,19)6(16,17)5(14,15)4(31)30-3-1-2-3/h3H,1-2H2,(H,30,31). The third kappa shape index (κ3) is 3.65. The minimum Gasteiger partial charge on any atom is -0.348 e. The SMILES string of the molecule is O=C(NC1CC1)C(F)(F)C(F)(F)C(F)(F)C(F)(F)C(F)(F)C(F)(F)C(F)(F)C(F)(F)Cl. The molecule has 31 heavy (non-hydrogen) atoms. The molecule has 0 aromatic rings. The molecule has 0 aromatic heterocycles. The molecule has 0 bridgehead atoms. The maximum Gasteiger partial charge on any atom is 0.393 e.